The molecule has 458 valence electrons. The van der Waals surface area contributed by atoms with Crippen molar-refractivity contribution in [3.63, 3.8) is 0 Å². The van der Waals surface area contributed by atoms with Crippen LogP contribution in [0.25, 0.3) is 0 Å². The van der Waals surface area contributed by atoms with Crippen LogP contribution in [0.15, 0.2) is 48.5 Å². The van der Waals surface area contributed by atoms with Gasteiger partial charge < -0.3 is 85.5 Å². The molecule has 19 N–H and O–H groups in total. The van der Waals surface area contributed by atoms with Gasteiger partial charge in [-0.25, -0.2) is 4.79 Å². The number of hydrogen-bond acceptors (Lipinski definition) is 18. The number of phenolic OH excluding ortho intramolecular Hbond substituents is 2. The van der Waals surface area contributed by atoms with Crippen molar-refractivity contribution in [1.29, 1.82) is 0 Å². The highest BCUT2D eigenvalue weighted by Gasteiger charge is 2.34. The highest BCUT2D eigenvalue weighted by atomic mass is 32.2. The standard InChI is InChI=1S/C54H86N12O14S2/c1-30(2)26-43(54(79)80)66-49(74)39(11-7-9-23-56)62-46(71)32(4)59-51(76)41(27-33-12-16-35(67)17-13-33)64-48(73)38(10-6-8-22-55)61-45(70)31(3)60-52(77)42(28-34-14-18-36(68)19-15-34)65-50(75)40(21-25-82-5)63-53(78)44(69)20-24-58-47(72)37(57)29-81/h12-19,30-32,37-44,67-69,81H,6-11,20-29,55-57H2,1-5H3,(H,58,72)(H,59,76)(H,60,77)(H,61,70)(H,62,71)(H,63,78)(H,64,73)(H,65,75)(H,66,74)(H,79,80)/t31-,32-,37-,38-,39-,40-,41-,42-,43-,44-/m0/s1. The predicted molar refractivity (Wildman–Crippen MR) is 312 cm³/mol. The van der Waals surface area contributed by atoms with Crippen molar-refractivity contribution in [2.75, 3.05) is 37.4 Å². The normalized spacial score (nSPS) is 14.8. The molecule has 0 radical (unpaired) electrons. The zero-order chi connectivity index (χ0) is 61.5. The summed E-state index contributed by atoms with van der Waals surface area (Å²) in [7, 11) is 0. The fourth-order valence-corrected chi connectivity index (χ4v) is 8.63. The Morgan fingerprint density at radius 1 is 0.512 bits per heavy atom. The molecule has 28 heteroatoms. The van der Waals surface area contributed by atoms with Gasteiger partial charge in [0.05, 0.1) is 6.04 Å². The van der Waals surface area contributed by atoms with Crippen molar-refractivity contribution in [2.24, 2.45) is 23.1 Å². The lowest BCUT2D eigenvalue weighted by atomic mass is 10.0. The molecule has 10 atom stereocenters. The molecular formula is C54H86N12O14S2. The molecule has 0 bridgehead atoms. The lowest BCUT2D eigenvalue weighted by Gasteiger charge is -2.27. The molecule has 2 aromatic rings. The van der Waals surface area contributed by atoms with Crippen LogP contribution in [0.4, 0.5) is 0 Å². The third-order valence-electron chi connectivity index (χ3n) is 12.8. The number of amides is 9. The zero-order valence-corrected chi connectivity index (χ0v) is 49.0. The predicted octanol–water partition coefficient (Wildman–Crippen LogP) is -1.93. The molecule has 2 aromatic carbocycles. The van der Waals surface area contributed by atoms with Crippen LogP contribution in [0.1, 0.15) is 96.6 Å². The van der Waals surface area contributed by atoms with Crippen LogP contribution in [0.2, 0.25) is 0 Å². The van der Waals surface area contributed by atoms with E-state index in [-0.39, 0.29) is 81.2 Å². The van der Waals surface area contributed by atoms with Crippen LogP contribution in [0.5, 0.6) is 11.5 Å². The number of aliphatic hydroxyl groups excluding tert-OH is 1. The van der Waals surface area contributed by atoms with Gasteiger partial charge in [-0.3, -0.25) is 43.2 Å². The number of aromatic hydroxyl groups is 2. The molecule has 26 nitrogen and oxygen atoms in total. The van der Waals surface area contributed by atoms with E-state index in [9.17, 15) is 68.4 Å². The first-order valence-corrected chi connectivity index (χ1v) is 29.3. The number of aliphatic carboxylic acids is 1. The van der Waals surface area contributed by atoms with Gasteiger partial charge in [0.25, 0.3) is 0 Å². The molecule has 0 aliphatic heterocycles. The minimum Gasteiger partial charge on any atom is -0.508 e. The molecule has 0 aliphatic carbocycles. The summed E-state index contributed by atoms with van der Waals surface area (Å²) < 4.78 is 0. The number of unbranched alkanes of at least 4 members (excludes halogenated alkanes) is 2. The molecule has 0 heterocycles. The maximum Gasteiger partial charge on any atom is 0.326 e. The molecule has 0 fully saturated rings. The van der Waals surface area contributed by atoms with Gasteiger partial charge in [0.1, 0.15) is 65.9 Å². The first kappa shape index (κ1) is 71.4. The van der Waals surface area contributed by atoms with Gasteiger partial charge in [-0.1, -0.05) is 38.1 Å². The second-order valence-corrected chi connectivity index (χ2v) is 21.6. The fraction of sp³-hybridized carbons (Fsp3) is 0.593. The number of thioether (sulfide) groups is 1. The first-order chi connectivity index (χ1) is 38.8. The number of nitrogens with one attached hydrogen (secondary N) is 9. The molecule has 0 unspecified atom stereocenters. The number of carboxylic acid groups (broad SMARTS) is 1. The molecule has 0 saturated carbocycles. The summed E-state index contributed by atoms with van der Waals surface area (Å²) in [4.78, 5) is 135. The topological polar surface area (TPSA) is 438 Å². The fourth-order valence-electron chi connectivity index (χ4n) is 7.99. The van der Waals surface area contributed by atoms with Crippen molar-refractivity contribution >= 4 is 83.5 Å². The van der Waals surface area contributed by atoms with Crippen LogP contribution in [0.3, 0.4) is 0 Å². The summed E-state index contributed by atoms with van der Waals surface area (Å²) in [6.45, 7) is 6.68. The average Bonchev–Trinajstić information content (AvgIpc) is 3.48. The number of nitrogens with two attached hydrogens (primary N) is 3. The van der Waals surface area contributed by atoms with E-state index in [1.807, 2.05) is 0 Å². The van der Waals surface area contributed by atoms with Gasteiger partial charge in [0.15, 0.2) is 0 Å². The Hall–Kier alpha value is -6.72. The maximum absolute atomic E-state index is 14.3. The summed E-state index contributed by atoms with van der Waals surface area (Å²) in [6.07, 6.45) is 1.51. The molecule has 9 amide bonds. The zero-order valence-electron chi connectivity index (χ0n) is 47.2. The number of carbonyl (C=O) groups excluding carboxylic acids is 9. The number of benzene rings is 2. The molecule has 0 aromatic heterocycles. The van der Waals surface area contributed by atoms with Crippen molar-refractivity contribution in [2.45, 2.75) is 159 Å². The van der Waals surface area contributed by atoms with Crippen molar-refractivity contribution in [3.05, 3.63) is 59.7 Å². The molecular weight excluding hydrogens is 1100 g/mol. The van der Waals surface area contributed by atoms with E-state index < -0.39 is 120 Å². The number of aliphatic hydroxyl groups is 1. The van der Waals surface area contributed by atoms with E-state index in [1.54, 1.807) is 20.1 Å². The van der Waals surface area contributed by atoms with Crippen LogP contribution in [-0.2, 0) is 60.8 Å². The highest BCUT2D eigenvalue weighted by molar-refractivity contribution is 7.98. The number of carboxylic acids is 1. The summed E-state index contributed by atoms with van der Waals surface area (Å²) >= 11 is 5.34. The molecule has 0 aliphatic rings. The maximum atomic E-state index is 14.3. The highest BCUT2D eigenvalue weighted by Crippen LogP contribution is 2.15. The Morgan fingerprint density at radius 3 is 1.27 bits per heavy atom. The van der Waals surface area contributed by atoms with E-state index >= 15 is 0 Å². The molecule has 82 heavy (non-hydrogen) atoms. The van der Waals surface area contributed by atoms with Crippen molar-refractivity contribution < 1.29 is 68.4 Å². The third-order valence-corrected chi connectivity index (χ3v) is 13.8. The Kier molecular flexibility index (Phi) is 33.2. The van der Waals surface area contributed by atoms with E-state index in [2.05, 4.69) is 60.5 Å². The van der Waals surface area contributed by atoms with Crippen molar-refractivity contribution in [3.8, 4) is 11.5 Å². The largest absolute Gasteiger partial charge is 0.508 e. The van der Waals surface area contributed by atoms with Gasteiger partial charge in [-0.15, -0.1) is 0 Å². The summed E-state index contributed by atoms with van der Waals surface area (Å²) in [5.74, 6) is -8.27. The third kappa shape index (κ3) is 26.9. The second kappa shape index (κ2) is 38.1. The summed E-state index contributed by atoms with van der Waals surface area (Å²) in [6, 6.07) is 0.0738. The minimum absolute atomic E-state index is 0.00552. The van der Waals surface area contributed by atoms with Crippen molar-refractivity contribution in [1.82, 2.24) is 47.9 Å². The Labute approximate surface area is 488 Å². The minimum atomic E-state index is -1.64. The Morgan fingerprint density at radius 2 is 0.890 bits per heavy atom. The van der Waals surface area contributed by atoms with Gasteiger partial charge in [-0.2, -0.15) is 24.4 Å². The van der Waals surface area contributed by atoms with Crippen LogP contribution >= 0.6 is 24.4 Å². The van der Waals surface area contributed by atoms with E-state index in [0.29, 0.717) is 49.1 Å². The van der Waals surface area contributed by atoms with Gasteiger partial charge in [0, 0.05) is 25.1 Å². The number of carbonyl (C=O) groups is 10. The number of hydrogen-bond donors (Lipinski definition) is 17. The van der Waals surface area contributed by atoms with Crippen LogP contribution < -0.4 is 65.1 Å². The Bertz CT molecular complexity index is 2390. The monoisotopic (exact) mass is 1190 g/mol. The Balaban J connectivity index is 2.38. The van der Waals surface area contributed by atoms with Gasteiger partial charge in [0.2, 0.25) is 53.2 Å². The van der Waals surface area contributed by atoms with E-state index in [0.717, 1.165) is 0 Å². The number of rotatable bonds is 39. The lowest BCUT2D eigenvalue weighted by molar-refractivity contribution is -0.143. The summed E-state index contributed by atoms with van der Waals surface area (Å²) in [5, 5.41) is 63.5. The van der Waals surface area contributed by atoms with Crippen LogP contribution in [0, 0.1) is 5.92 Å². The molecule has 0 saturated heterocycles. The second-order valence-electron chi connectivity index (χ2n) is 20.3. The molecule has 2 rings (SSSR count). The van der Waals surface area contributed by atoms with Crippen LogP contribution in [-0.4, -0.2) is 177 Å². The average molecular weight is 1190 g/mol. The number of thiol groups is 1. The SMILES string of the molecule is CSCC[C@H](NC(=O)[C@@H](O)CCNC(=O)[C@@H](N)CS)C(=O)N[C@@H](Cc1ccc(O)cc1)C(=O)N[C@@H](C)C(=O)N[C@@H](CCCCN)C(=O)N[C@@H](Cc1ccc(O)cc1)C(=O)N[C@@H](C)C(=O)N[C@@H](CCCCN)C(=O)N[C@@H](CC(C)C)C(=O)O. The van der Waals surface area contributed by atoms with E-state index in [4.69, 9.17) is 17.2 Å². The van der Waals surface area contributed by atoms with E-state index in [1.165, 1.54) is 74.1 Å². The van der Waals surface area contributed by atoms with Gasteiger partial charge in [-0.05, 0) is 138 Å². The molecule has 0 spiro atoms. The summed E-state index contributed by atoms with van der Waals surface area (Å²) in [5.41, 5.74) is 18.0. The first-order valence-electron chi connectivity index (χ1n) is 27.3. The quantitative estimate of drug-likeness (QED) is 0.0256. The number of phenols is 2. The smallest absolute Gasteiger partial charge is 0.326 e. The van der Waals surface area contributed by atoms with Gasteiger partial charge >= 0.3 is 5.97 Å². The lowest BCUT2D eigenvalue weighted by Crippen LogP contribution is -2.60.